The zero-order valence-corrected chi connectivity index (χ0v) is 19.7. The fourth-order valence-corrected chi connectivity index (χ4v) is 4.33. The number of carbonyl (C=O) groups is 3. The van der Waals surface area contributed by atoms with Crippen LogP contribution < -0.4 is 14.4 Å². The predicted molar refractivity (Wildman–Crippen MR) is 125 cm³/mol. The minimum absolute atomic E-state index is 0.154. The maximum absolute atomic E-state index is 13.7. The van der Waals surface area contributed by atoms with Crippen LogP contribution in [0.15, 0.2) is 42.5 Å². The number of carbonyl (C=O) groups excluding carboxylic acids is 3. The molecule has 0 N–H and O–H groups in total. The summed E-state index contributed by atoms with van der Waals surface area (Å²) in [5.74, 6) is -0.973. The molecule has 2 aliphatic heterocycles. The predicted octanol–water partition coefficient (Wildman–Crippen LogP) is 1.95. The van der Waals surface area contributed by atoms with E-state index in [1.165, 1.54) is 43.4 Å². The topological polar surface area (TPSA) is 88.6 Å². The van der Waals surface area contributed by atoms with Gasteiger partial charge in [0.05, 0.1) is 39.5 Å². The maximum Gasteiger partial charge on any atom is 0.257 e. The van der Waals surface area contributed by atoms with Gasteiger partial charge in [-0.05, 0) is 42.5 Å². The van der Waals surface area contributed by atoms with Crippen molar-refractivity contribution in [1.29, 1.82) is 0 Å². The molecule has 2 aromatic carbocycles. The van der Waals surface area contributed by atoms with E-state index in [-0.39, 0.29) is 18.7 Å². The lowest BCUT2D eigenvalue weighted by Gasteiger charge is -2.32. The number of benzene rings is 2. The molecule has 1 atom stereocenters. The first-order valence-corrected chi connectivity index (χ1v) is 11.4. The highest BCUT2D eigenvalue weighted by Crippen LogP contribution is 2.30. The smallest absolute Gasteiger partial charge is 0.257 e. The van der Waals surface area contributed by atoms with Crippen LogP contribution in [0.3, 0.4) is 0 Å². The van der Waals surface area contributed by atoms with Crippen molar-refractivity contribution in [2.75, 3.05) is 58.5 Å². The van der Waals surface area contributed by atoms with Crippen LogP contribution in [0.4, 0.5) is 10.1 Å². The Kier molecular flexibility index (Phi) is 7.62. The molecule has 2 heterocycles. The fraction of sp³-hybridized carbons (Fsp3) is 0.400. The van der Waals surface area contributed by atoms with Gasteiger partial charge in [0.1, 0.15) is 11.9 Å². The normalized spacial score (nSPS) is 18.6. The monoisotopic (exact) mass is 485 g/mol. The lowest BCUT2D eigenvalue weighted by Crippen LogP contribution is -2.49. The van der Waals surface area contributed by atoms with Crippen molar-refractivity contribution < 1.29 is 33.0 Å². The van der Waals surface area contributed by atoms with Gasteiger partial charge in [-0.15, -0.1) is 0 Å². The highest BCUT2D eigenvalue weighted by Gasteiger charge is 2.44. The molecule has 0 bridgehead atoms. The van der Waals surface area contributed by atoms with E-state index in [1.807, 2.05) is 0 Å². The van der Waals surface area contributed by atoms with E-state index in [4.69, 9.17) is 14.2 Å². The Morgan fingerprint density at radius 3 is 2.40 bits per heavy atom. The van der Waals surface area contributed by atoms with Gasteiger partial charge < -0.3 is 19.1 Å². The van der Waals surface area contributed by atoms with Gasteiger partial charge in [0.2, 0.25) is 5.91 Å². The molecule has 0 saturated carbocycles. The number of rotatable bonds is 8. The number of imide groups is 1. The Morgan fingerprint density at radius 1 is 1.06 bits per heavy atom. The van der Waals surface area contributed by atoms with Gasteiger partial charge in [-0.1, -0.05) is 0 Å². The highest BCUT2D eigenvalue weighted by atomic mass is 19.1. The molecule has 35 heavy (non-hydrogen) atoms. The molecule has 0 aromatic heterocycles. The maximum atomic E-state index is 13.7. The first-order chi connectivity index (χ1) is 16.9. The number of nitrogens with zero attached hydrogens (tertiary/aromatic N) is 3. The molecule has 186 valence electrons. The zero-order chi connectivity index (χ0) is 24.9. The molecule has 2 aliphatic rings. The average Bonchev–Trinajstić information content (AvgIpc) is 3.18. The number of hydrogen-bond acceptors (Lipinski definition) is 7. The number of anilines is 1. The lowest BCUT2D eigenvalue weighted by atomic mass is 10.1. The van der Waals surface area contributed by atoms with Crippen LogP contribution in [0, 0.1) is 5.82 Å². The van der Waals surface area contributed by atoms with E-state index in [9.17, 15) is 18.8 Å². The van der Waals surface area contributed by atoms with Gasteiger partial charge >= 0.3 is 0 Å². The summed E-state index contributed by atoms with van der Waals surface area (Å²) in [6.07, 6.45) is -0.154. The number of morpholine rings is 1. The van der Waals surface area contributed by atoms with Crippen LogP contribution in [-0.2, 0) is 14.3 Å². The Balaban J connectivity index is 1.62. The highest BCUT2D eigenvalue weighted by molar-refractivity contribution is 6.23. The molecule has 10 heteroatoms. The van der Waals surface area contributed by atoms with Crippen molar-refractivity contribution in [2.45, 2.75) is 12.5 Å². The summed E-state index contributed by atoms with van der Waals surface area (Å²) in [5.41, 5.74) is 0.584. The Bertz CT molecular complexity index is 1090. The summed E-state index contributed by atoms with van der Waals surface area (Å²) >= 11 is 0. The van der Waals surface area contributed by atoms with E-state index in [0.29, 0.717) is 36.8 Å². The molecular weight excluding hydrogens is 457 g/mol. The number of amides is 3. The summed E-state index contributed by atoms with van der Waals surface area (Å²) < 4.78 is 29.4. The average molecular weight is 486 g/mol. The van der Waals surface area contributed by atoms with Gasteiger partial charge in [0.25, 0.3) is 11.8 Å². The number of methoxy groups -OCH3 is 2. The molecule has 4 rings (SSSR count). The zero-order valence-electron chi connectivity index (χ0n) is 19.7. The van der Waals surface area contributed by atoms with E-state index in [0.717, 1.165) is 18.0 Å². The Morgan fingerprint density at radius 2 is 1.74 bits per heavy atom. The van der Waals surface area contributed by atoms with Crippen LogP contribution in [-0.4, -0.2) is 87.2 Å². The number of halogens is 1. The van der Waals surface area contributed by atoms with E-state index in [2.05, 4.69) is 4.90 Å². The van der Waals surface area contributed by atoms with Gasteiger partial charge in [-0.2, -0.15) is 0 Å². The fourth-order valence-electron chi connectivity index (χ4n) is 4.33. The molecule has 2 aromatic rings. The Labute approximate surface area is 202 Å². The quantitative estimate of drug-likeness (QED) is 0.528. The molecule has 0 spiro atoms. The number of ether oxygens (including phenoxy) is 3. The molecule has 3 amide bonds. The van der Waals surface area contributed by atoms with Crippen molar-refractivity contribution in [3.63, 3.8) is 0 Å². The van der Waals surface area contributed by atoms with Crippen LogP contribution in [0.1, 0.15) is 16.8 Å². The van der Waals surface area contributed by atoms with Crippen LogP contribution in [0.25, 0.3) is 0 Å². The minimum Gasteiger partial charge on any atom is -0.493 e. The molecule has 1 unspecified atom stereocenters. The second-order valence-corrected chi connectivity index (χ2v) is 8.29. The van der Waals surface area contributed by atoms with Crippen molar-refractivity contribution in [2.24, 2.45) is 0 Å². The Hall–Kier alpha value is -3.50. The first kappa shape index (κ1) is 24.6. The van der Waals surface area contributed by atoms with Gasteiger partial charge in [0, 0.05) is 31.7 Å². The van der Waals surface area contributed by atoms with E-state index >= 15 is 0 Å². The minimum atomic E-state index is -0.978. The van der Waals surface area contributed by atoms with Gasteiger partial charge in [-0.25, -0.2) is 9.29 Å². The molecular formula is C25H28FN3O6. The van der Waals surface area contributed by atoms with Crippen LogP contribution in [0.5, 0.6) is 11.5 Å². The summed E-state index contributed by atoms with van der Waals surface area (Å²) in [6.45, 7) is 3.41. The third kappa shape index (κ3) is 5.28. The second-order valence-electron chi connectivity index (χ2n) is 8.29. The summed E-state index contributed by atoms with van der Waals surface area (Å²) in [5, 5.41) is 0. The third-order valence-electron chi connectivity index (χ3n) is 6.24. The first-order valence-electron chi connectivity index (χ1n) is 11.4. The van der Waals surface area contributed by atoms with Gasteiger partial charge in [-0.3, -0.25) is 19.3 Å². The van der Waals surface area contributed by atoms with Crippen LogP contribution >= 0.6 is 0 Å². The second kappa shape index (κ2) is 10.8. The van der Waals surface area contributed by atoms with Crippen molar-refractivity contribution in [3.05, 3.63) is 53.8 Å². The van der Waals surface area contributed by atoms with Gasteiger partial charge in [0.15, 0.2) is 11.5 Å². The third-order valence-corrected chi connectivity index (χ3v) is 6.24. The number of hydrogen-bond donors (Lipinski definition) is 0. The standard InChI is InChI=1S/C25H28FN3O6/c1-33-21-8-3-17(15-22(21)34-2)24(31)28(10-9-27-11-13-35-14-12-27)20-16-23(30)29(25(20)32)19-6-4-18(26)5-7-19/h3-8,15,20H,9-14,16H2,1-2H3. The summed E-state index contributed by atoms with van der Waals surface area (Å²) in [6, 6.07) is 8.94. The van der Waals surface area contributed by atoms with E-state index in [1.54, 1.807) is 18.2 Å². The molecule has 0 radical (unpaired) electrons. The van der Waals surface area contributed by atoms with Crippen molar-refractivity contribution >= 4 is 23.4 Å². The lowest BCUT2D eigenvalue weighted by molar-refractivity contribution is -0.122. The molecule has 2 saturated heterocycles. The van der Waals surface area contributed by atoms with Crippen molar-refractivity contribution in [1.82, 2.24) is 9.80 Å². The molecule has 2 fully saturated rings. The molecule has 9 nitrogen and oxygen atoms in total. The van der Waals surface area contributed by atoms with Crippen molar-refractivity contribution in [3.8, 4) is 11.5 Å². The van der Waals surface area contributed by atoms with Crippen LogP contribution in [0.2, 0.25) is 0 Å². The summed E-state index contributed by atoms with van der Waals surface area (Å²) in [7, 11) is 2.98. The SMILES string of the molecule is COc1ccc(C(=O)N(CCN2CCOCC2)C2CC(=O)N(c3ccc(F)cc3)C2=O)cc1OC. The summed E-state index contributed by atoms with van der Waals surface area (Å²) in [4.78, 5) is 44.5. The van der Waals surface area contributed by atoms with E-state index < -0.39 is 29.6 Å². The largest absolute Gasteiger partial charge is 0.493 e. The molecule has 0 aliphatic carbocycles.